The SMILES string of the molecule is COc1cccc(OCC(=O)NCc2nccc(N(C)C)n2)c1. The molecule has 0 fully saturated rings. The molecule has 0 spiro atoms. The highest BCUT2D eigenvalue weighted by Crippen LogP contribution is 2.18. The summed E-state index contributed by atoms with van der Waals surface area (Å²) in [6.07, 6.45) is 1.66. The summed E-state index contributed by atoms with van der Waals surface area (Å²) in [6, 6.07) is 8.89. The Hall–Kier alpha value is -2.83. The maximum Gasteiger partial charge on any atom is 0.258 e. The third-order valence-corrected chi connectivity index (χ3v) is 3.00. The third-order valence-electron chi connectivity index (χ3n) is 3.00. The predicted molar refractivity (Wildman–Crippen MR) is 86.7 cm³/mol. The van der Waals surface area contributed by atoms with Crippen molar-refractivity contribution in [1.82, 2.24) is 15.3 Å². The smallest absolute Gasteiger partial charge is 0.258 e. The lowest BCUT2D eigenvalue weighted by atomic mass is 10.3. The molecule has 23 heavy (non-hydrogen) atoms. The van der Waals surface area contributed by atoms with Crippen molar-refractivity contribution in [3.63, 3.8) is 0 Å². The molecule has 1 amide bonds. The van der Waals surface area contributed by atoms with Gasteiger partial charge in [0.1, 0.15) is 23.1 Å². The minimum atomic E-state index is -0.244. The van der Waals surface area contributed by atoms with Gasteiger partial charge in [0.15, 0.2) is 6.61 Å². The van der Waals surface area contributed by atoms with E-state index in [1.165, 1.54) is 0 Å². The molecule has 0 bridgehead atoms. The highest BCUT2D eigenvalue weighted by Gasteiger charge is 2.06. The van der Waals surface area contributed by atoms with Crippen LogP contribution in [0.5, 0.6) is 11.5 Å². The summed E-state index contributed by atoms with van der Waals surface area (Å²) >= 11 is 0. The Morgan fingerprint density at radius 3 is 2.78 bits per heavy atom. The van der Waals surface area contributed by atoms with Gasteiger partial charge in [-0.2, -0.15) is 0 Å². The van der Waals surface area contributed by atoms with Gasteiger partial charge >= 0.3 is 0 Å². The fourth-order valence-electron chi connectivity index (χ4n) is 1.79. The molecule has 1 heterocycles. The molecule has 122 valence electrons. The maximum absolute atomic E-state index is 11.8. The number of rotatable bonds is 7. The van der Waals surface area contributed by atoms with E-state index < -0.39 is 0 Å². The second-order valence-electron chi connectivity index (χ2n) is 4.97. The first-order valence-corrected chi connectivity index (χ1v) is 7.11. The molecule has 0 radical (unpaired) electrons. The zero-order valence-corrected chi connectivity index (χ0v) is 13.4. The lowest BCUT2D eigenvalue weighted by Gasteiger charge is -2.12. The van der Waals surface area contributed by atoms with E-state index in [1.54, 1.807) is 37.6 Å². The molecule has 0 saturated carbocycles. The molecule has 2 aromatic rings. The van der Waals surface area contributed by atoms with E-state index in [2.05, 4.69) is 15.3 Å². The summed E-state index contributed by atoms with van der Waals surface area (Å²) in [5.41, 5.74) is 0. The number of ether oxygens (including phenoxy) is 2. The van der Waals surface area contributed by atoms with Crippen molar-refractivity contribution in [2.45, 2.75) is 6.54 Å². The van der Waals surface area contributed by atoms with Gasteiger partial charge in [0.05, 0.1) is 13.7 Å². The molecule has 7 nitrogen and oxygen atoms in total. The van der Waals surface area contributed by atoms with Crippen LogP contribution in [-0.2, 0) is 11.3 Å². The summed E-state index contributed by atoms with van der Waals surface area (Å²) in [5.74, 6) is 2.34. The molecule has 1 aromatic heterocycles. The van der Waals surface area contributed by atoms with Gasteiger partial charge in [0.25, 0.3) is 5.91 Å². The molecule has 0 saturated heterocycles. The van der Waals surface area contributed by atoms with E-state index in [4.69, 9.17) is 9.47 Å². The van der Waals surface area contributed by atoms with Gasteiger partial charge < -0.3 is 19.7 Å². The van der Waals surface area contributed by atoms with Crippen LogP contribution in [0.25, 0.3) is 0 Å². The Morgan fingerprint density at radius 2 is 2.04 bits per heavy atom. The first-order chi connectivity index (χ1) is 11.1. The molecular weight excluding hydrogens is 296 g/mol. The standard InChI is InChI=1S/C16H20N4O3/c1-20(2)15-7-8-17-14(19-15)10-18-16(21)11-23-13-6-4-5-12(9-13)22-3/h4-9H,10-11H2,1-3H3,(H,18,21). The maximum atomic E-state index is 11.8. The number of amides is 1. The first kappa shape index (κ1) is 16.5. The van der Waals surface area contributed by atoms with Crippen LogP contribution in [0, 0.1) is 0 Å². The Kier molecular flexibility index (Phi) is 5.74. The molecule has 2 rings (SSSR count). The second-order valence-corrected chi connectivity index (χ2v) is 4.97. The summed E-state index contributed by atoms with van der Waals surface area (Å²) in [6.45, 7) is 0.169. The number of carbonyl (C=O) groups is 1. The van der Waals surface area contributed by atoms with Crippen molar-refractivity contribution < 1.29 is 14.3 Å². The lowest BCUT2D eigenvalue weighted by Crippen LogP contribution is -2.29. The second kappa shape index (κ2) is 7.98. The molecule has 0 aliphatic heterocycles. The fourth-order valence-corrected chi connectivity index (χ4v) is 1.79. The van der Waals surface area contributed by atoms with Crippen molar-refractivity contribution >= 4 is 11.7 Å². The van der Waals surface area contributed by atoms with Crippen LogP contribution in [0.15, 0.2) is 36.5 Å². The summed E-state index contributed by atoms with van der Waals surface area (Å²) in [7, 11) is 5.37. The van der Waals surface area contributed by atoms with Gasteiger partial charge in [-0.3, -0.25) is 4.79 Å². The fraction of sp³-hybridized carbons (Fsp3) is 0.312. The number of carbonyl (C=O) groups excluding carboxylic acids is 1. The van der Waals surface area contributed by atoms with Crippen LogP contribution in [0.1, 0.15) is 5.82 Å². The number of aromatic nitrogens is 2. The number of nitrogens with zero attached hydrogens (tertiary/aromatic N) is 3. The Bertz CT molecular complexity index is 661. The topological polar surface area (TPSA) is 76.6 Å². The monoisotopic (exact) mass is 316 g/mol. The Balaban J connectivity index is 1.82. The molecular formula is C16H20N4O3. The van der Waals surface area contributed by atoms with Gasteiger partial charge in [0, 0.05) is 26.4 Å². The van der Waals surface area contributed by atoms with E-state index >= 15 is 0 Å². The number of benzene rings is 1. The van der Waals surface area contributed by atoms with E-state index in [0.29, 0.717) is 17.3 Å². The normalized spacial score (nSPS) is 10.0. The van der Waals surface area contributed by atoms with E-state index in [-0.39, 0.29) is 19.1 Å². The Morgan fingerprint density at radius 1 is 1.26 bits per heavy atom. The molecule has 0 unspecified atom stereocenters. The Labute approximate surface area is 135 Å². The van der Waals surface area contributed by atoms with Gasteiger partial charge in [-0.15, -0.1) is 0 Å². The molecule has 7 heteroatoms. The molecule has 1 aromatic carbocycles. The molecule has 0 aliphatic carbocycles. The van der Waals surface area contributed by atoms with Gasteiger partial charge in [-0.1, -0.05) is 6.07 Å². The van der Waals surface area contributed by atoms with Crippen molar-refractivity contribution in [2.24, 2.45) is 0 Å². The van der Waals surface area contributed by atoms with Crippen LogP contribution < -0.4 is 19.7 Å². The highest BCUT2D eigenvalue weighted by molar-refractivity contribution is 5.77. The highest BCUT2D eigenvalue weighted by atomic mass is 16.5. The van der Waals surface area contributed by atoms with Crippen LogP contribution in [0.4, 0.5) is 5.82 Å². The van der Waals surface area contributed by atoms with Crippen molar-refractivity contribution in [3.8, 4) is 11.5 Å². The molecule has 1 N–H and O–H groups in total. The average molecular weight is 316 g/mol. The van der Waals surface area contributed by atoms with Crippen LogP contribution in [0.3, 0.4) is 0 Å². The van der Waals surface area contributed by atoms with Crippen molar-refractivity contribution in [1.29, 1.82) is 0 Å². The largest absolute Gasteiger partial charge is 0.497 e. The summed E-state index contributed by atoms with van der Waals surface area (Å²) in [5, 5.41) is 2.73. The zero-order chi connectivity index (χ0) is 16.7. The quantitative estimate of drug-likeness (QED) is 0.828. The van der Waals surface area contributed by atoms with E-state index in [1.807, 2.05) is 25.1 Å². The number of nitrogens with one attached hydrogen (secondary N) is 1. The summed E-state index contributed by atoms with van der Waals surface area (Å²) in [4.78, 5) is 22.2. The van der Waals surface area contributed by atoms with E-state index in [9.17, 15) is 4.79 Å². The number of hydrogen-bond acceptors (Lipinski definition) is 6. The van der Waals surface area contributed by atoms with Gasteiger partial charge in [-0.05, 0) is 18.2 Å². The number of hydrogen-bond donors (Lipinski definition) is 1. The minimum absolute atomic E-state index is 0.0828. The van der Waals surface area contributed by atoms with Crippen molar-refractivity contribution in [2.75, 3.05) is 32.7 Å². The van der Waals surface area contributed by atoms with Crippen LogP contribution in [0.2, 0.25) is 0 Å². The van der Waals surface area contributed by atoms with Gasteiger partial charge in [-0.25, -0.2) is 9.97 Å². The van der Waals surface area contributed by atoms with E-state index in [0.717, 1.165) is 5.82 Å². The van der Waals surface area contributed by atoms with Crippen LogP contribution >= 0.6 is 0 Å². The zero-order valence-electron chi connectivity index (χ0n) is 13.4. The summed E-state index contributed by atoms with van der Waals surface area (Å²) < 4.78 is 10.5. The third kappa shape index (κ3) is 5.14. The van der Waals surface area contributed by atoms with Gasteiger partial charge in [0.2, 0.25) is 0 Å². The number of anilines is 1. The van der Waals surface area contributed by atoms with Crippen molar-refractivity contribution in [3.05, 3.63) is 42.4 Å². The van der Waals surface area contributed by atoms with Crippen LogP contribution in [-0.4, -0.2) is 43.7 Å². The predicted octanol–water partition coefficient (Wildman–Crippen LogP) is 1.25. The lowest BCUT2D eigenvalue weighted by molar-refractivity contribution is -0.123. The first-order valence-electron chi connectivity index (χ1n) is 7.11. The molecule has 0 aliphatic rings. The number of methoxy groups -OCH3 is 1. The minimum Gasteiger partial charge on any atom is -0.497 e. The average Bonchev–Trinajstić information content (AvgIpc) is 2.58. The molecule has 0 atom stereocenters.